The highest BCUT2D eigenvalue weighted by Crippen LogP contribution is 2.10. The highest BCUT2D eigenvalue weighted by molar-refractivity contribution is 5.95. The third-order valence-electron chi connectivity index (χ3n) is 5.10. The van der Waals surface area contributed by atoms with Crippen molar-refractivity contribution in [2.45, 2.75) is 76.5 Å². The van der Waals surface area contributed by atoms with Gasteiger partial charge in [-0.15, -0.1) is 0 Å². The molecule has 0 aliphatic carbocycles. The van der Waals surface area contributed by atoms with Crippen LogP contribution in [0.4, 0.5) is 0 Å². The van der Waals surface area contributed by atoms with Crippen LogP contribution in [-0.2, 0) is 33.6 Å². The van der Waals surface area contributed by atoms with Gasteiger partial charge >= 0.3 is 17.9 Å². The Hall–Kier alpha value is -3.75. The van der Waals surface area contributed by atoms with Crippen LogP contribution in [-0.4, -0.2) is 81.0 Å². The predicted octanol–water partition coefficient (Wildman–Crippen LogP) is -2.50. The quantitative estimate of drug-likeness (QED) is 0.103. The van der Waals surface area contributed by atoms with E-state index in [1.807, 2.05) is 0 Å². The van der Waals surface area contributed by atoms with Crippen LogP contribution < -0.4 is 27.4 Å². The molecule has 0 bridgehead atoms. The molecule has 0 rings (SSSR count). The highest BCUT2D eigenvalue weighted by atomic mass is 16.4. The normalized spacial score (nSPS) is 14.9. The Labute approximate surface area is 201 Å². The molecule has 10 N–H and O–H groups in total. The summed E-state index contributed by atoms with van der Waals surface area (Å²) in [6.07, 6.45) is -2.00. The van der Waals surface area contributed by atoms with Crippen molar-refractivity contribution in [1.29, 1.82) is 0 Å². The fourth-order valence-corrected chi connectivity index (χ4v) is 2.86. The third-order valence-corrected chi connectivity index (χ3v) is 5.10. The Kier molecular flexibility index (Phi) is 13.6. The zero-order valence-corrected chi connectivity index (χ0v) is 19.5. The second kappa shape index (κ2) is 15.2. The van der Waals surface area contributed by atoms with Crippen molar-refractivity contribution in [3.63, 3.8) is 0 Å². The highest BCUT2D eigenvalue weighted by Gasteiger charge is 2.32. The first-order valence-corrected chi connectivity index (χ1v) is 10.8. The summed E-state index contributed by atoms with van der Waals surface area (Å²) in [6, 6.07) is -5.80. The van der Waals surface area contributed by atoms with Gasteiger partial charge in [-0.25, -0.2) is 4.79 Å². The molecule has 5 atom stereocenters. The van der Waals surface area contributed by atoms with Gasteiger partial charge in [0.2, 0.25) is 23.6 Å². The van der Waals surface area contributed by atoms with E-state index in [2.05, 4.69) is 16.0 Å². The lowest BCUT2D eigenvalue weighted by Crippen LogP contribution is -2.58. The van der Waals surface area contributed by atoms with Crippen LogP contribution in [0.2, 0.25) is 0 Å². The van der Waals surface area contributed by atoms with Gasteiger partial charge in [0.15, 0.2) is 0 Å². The van der Waals surface area contributed by atoms with Gasteiger partial charge in [0.05, 0.1) is 12.5 Å². The number of hydrogen-bond acceptors (Lipinski definition) is 8. The number of carbonyl (C=O) groups is 7. The van der Waals surface area contributed by atoms with Crippen LogP contribution in [0.15, 0.2) is 0 Å². The van der Waals surface area contributed by atoms with Crippen LogP contribution >= 0.6 is 0 Å². The average molecular weight is 504 g/mol. The molecule has 4 amide bonds. The Balaban J connectivity index is 5.70. The summed E-state index contributed by atoms with van der Waals surface area (Å²) in [6.45, 7) is 3.29. The van der Waals surface area contributed by atoms with Gasteiger partial charge in [-0.1, -0.05) is 20.3 Å². The van der Waals surface area contributed by atoms with E-state index in [-0.39, 0.29) is 12.8 Å². The fraction of sp³-hybridized carbons (Fsp3) is 0.650. The smallest absolute Gasteiger partial charge is 0.326 e. The van der Waals surface area contributed by atoms with E-state index in [0.29, 0.717) is 6.42 Å². The van der Waals surface area contributed by atoms with E-state index in [1.165, 1.54) is 0 Å². The molecule has 0 saturated heterocycles. The number of hydrogen-bond donors (Lipinski definition) is 8. The number of aliphatic carboxylic acids is 3. The number of rotatable bonds is 17. The van der Waals surface area contributed by atoms with E-state index in [4.69, 9.17) is 21.7 Å². The number of carbonyl (C=O) groups excluding carboxylic acids is 4. The van der Waals surface area contributed by atoms with Crippen molar-refractivity contribution < 1.29 is 48.9 Å². The Morgan fingerprint density at radius 3 is 1.69 bits per heavy atom. The minimum Gasteiger partial charge on any atom is -0.481 e. The molecule has 15 nitrogen and oxygen atoms in total. The largest absolute Gasteiger partial charge is 0.481 e. The molecule has 0 aromatic rings. The van der Waals surface area contributed by atoms with Gasteiger partial charge in [0.25, 0.3) is 0 Å². The maximum absolute atomic E-state index is 12.8. The first kappa shape index (κ1) is 31.2. The molecule has 0 aliphatic heterocycles. The van der Waals surface area contributed by atoms with Crippen LogP contribution in [0.1, 0.15) is 52.4 Å². The summed E-state index contributed by atoms with van der Waals surface area (Å²) in [5, 5.41) is 33.8. The minimum atomic E-state index is -1.52. The summed E-state index contributed by atoms with van der Waals surface area (Å²) in [5.41, 5.74) is 10.6. The second-order valence-electron chi connectivity index (χ2n) is 7.97. The first-order chi connectivity index (χ1) is 16.2. The van der Waals surface area contributed by atoms with E-state index >= 15 is 0 Å². The molecule has 198 valence electrons. The van der Waals surface area contributed by atoms with Crippen LogP contribution in [0.25, 0.3) is 0 Å². The van der Waals surface area contributed by atoms with Crippen molar-refractivity contribution >= 4 is 41.5 Å². The summed E-state index contributed by atoms with van der Waals surface area (Å²) in [5.74, 6) is -8.27. The minimum absolute atomic E-state index is 0.329. The molecule has 5 unspecified atom stereocenters. The van der Waals surface area contributed by atoms with Gasteiger partial charge in [-0.3, -0.25) is 28.8 Å². The molecule has 0 fully saturated rings. The van der Waals surface area contributed by atoms with Gasteiger partial charge < -0.3 is 42.7 Å². The maximum atomic E-state index is 12.8. The molecular weight excluding hydrogens is 470 g/mol. The first-order valence-electron chi connectivity index (χ1n) is 10.8. The van der Waals surface area contributed by atoms with Crippen LogP contribution in [0.3, 0.4) is 0 Å². The zero-order valence-electron chi connectivity index (χ0n) is 19.5. The second-order valence-corrected chi connectivity index (χ2v) is 7.97. The Bertz CT molecular complexity index is 818. The Morgan fingerprint density at radius 1 is 0.771 bits per heavy atom. The van der Waals surface area contributed by atoms with Crippen molar-refractivity contribution in [3.8, 4) is 0 Å². The molecule has 0 aromatic heterocycles. The number of carboxylic acid groups (broad SMARTS) is 3. The van der Waals surface area contributed by atoms with Crippen molar-refractivity contribution in [2.75, 3.05) is 0 Å². The van der Waals surface area contributed by atoms with Crippen LogP contribution in [0, 0.1) is 5.92 Å². The Morgan fingerprint density at radius 2 is 1.26 bits per heavy atom. The predicted molar refractivity (Wildman–Crippen MR) is 118 cm³/mol. The van der Waals surface area contributed by atoms with Crippen molar-refractivity contribution in [3.05, 3.63) is 0 Å². The maximum Gasteiger partial charge on any atom is 0.326 e. The monoisotopic (exact) mass is 503 g/mol. The summed E-state index contributed by atoms with van der Waals surface area (Å²) in [4.78, 5) is 82.2. The molecule has 15 heteroatoms. The topological polar surface area (TPSA) is 268 Å². The molecule has 35 heavy (non-hydrogen) atoms. The van der Waals surface area contributed by atoms with Crippen molar-refractivity contribution in [1.82, 2.24) is 16.0 Å². The van der Waals surface area contributed by atoms with Crippen LogP contribution in [0.5, 0.6) is 0 Å². The zero-order chi connectivity index (χ0) is 27.3. The summed E-state index contributed by atoms with van der Waals surface area (Å²) < 4.78 is 0. The average Bonchev–Trinajstić information content (AvgIpc) is 2.75. The summed E-state index contributed by atoms with van der Waals surface area (Å²) >= 11 is 0. The molecule has 0 heterocycles. The van der Waals surface area contributed by atoms with E-state index < -0.39 is 90.9 Å². The summed E-state index contributed by atoms with van der Waals surface area (Å²) in [7, 11) is 0. The fourth-order valence-electron chi connectivity index (χ4n) is 2.86. The molecule has 0 aromatic carbocycles. The molecule has 0 spiro atoms. The lowest BCUT2D eigenvalue weighted by Gasteiger charge is -2.26. The van der Waals surface area contributed by atoms with Crippen molar-refractivity contribution in [2.24, 2.45) is 17.4 Å². The standard InChI is InChI=1S/C20H33N5O10/c1-3-9(2)16(20(34)35)25-19(33)12(5-7-14(27)28)24-18(32)11(4-6-13(22)26)23-17(31)10(21)8-15(29)30/h9-12,16H,3-8,21H2,1-2H3,(H2,22,26)(H,23,31)(H,24,32)(H,25,33)(H,27,28)(H,29,30)(H,34,35). The number of amides is 4. The molecule has 0 aliphatic rings. The molecular formula is C20H33N5O10. The number of nitrogens with one attached hydrogen (secondary N) is 3. The number of carboxylic acids is 3. The van der Waals surface area contributed by atoms with E-state index in [9.17, 15) is 38.7 Å². The van der Waals surface area contributed by atoms with E-state index in [0.717, 1.165) is 0 Å². The molecule has 0 radical (unpaired) electrons. The number of nitrogens with two attached hydrogens (primary N) is 2. The number of primary amides is 1. The SMILES string of the molecule is CCC(C)C(NC(=O)C(CCC(=O)O)NC(=O)C(CCC(N)=O)NC(=O)C(N)CC(=O)O)C(=O)O. The van der Waals surface area contributed by atoms with Gasteiger partial charge in [0, 0.05) is 12.8 Å². The van der Waals surface area contributed by atoms with E-state index in [1.54, 1.807) is 13.8 Å². The lowest BCUT2D eigenvalue weighted by molar-refractivity contribution is -0.144. The van der Waals surface area contributed by atoms with Gasteiger partial charge in [-0.05, 0) is 18.8 Å². The van der Waals surface area contributed by atoms with Gasteiger partial charge in [-0.2, -0.15) is 0 Å². The van der Waals surface area contributed by atoms with Gasteiger partial charge in [0.1, 0.15) is 18.1 Å². The third kappa shape index (κ3) is 12.3. The molecule has 0 saturated carbocycles. The lowest BCUT2D eigenvalue weighted by atomic mass is 9.98.